The van der Waals surface area contributed by atoms with Crippen LogP contribution in [0, 0.1) is 5.92 Å². The van der Waals surface area contributed by atoms with E-state index in [4.69, 9.17) is 9.47 Å². The van der Waals surface area contributed by atoms with Crippen LogP contribution in [-0.2, 0) is 9.53 Å². The van der Waals surface area contributed by atoms with Gasteiger partial charge in [-0.25, -0.2) is 4.79 Å². The first-order valence-corrected chi connectivity index (χ1v) is 7.61. The van der Waals surface area contributed by atoms with Crippen LogP contribution in [0.4, 0.5) is 0 Å². The molecule has 0 amide bonds. The van der Waals surface area contributed by atoms with Crippen molar-refractivity contribution < 1.29 is 14.3 Å². The van der Waals surface area contributed by atoms with E-state index < -0.39 is 5.97 Å². The van der Waals surface area contributed by atoms with Gasteiger partial charge in [-0.1, -0.05) is 38.5 Å². The van der Waals surface area contributed by atoms with Crippen molar-refractivity contribution in [3.8, 4) is 5.75 Å². The van der Waals surface area contributed by atoms with Gasteiger partial charge in [0.25, 0.3) is 0 Å². The van der Waals surface area contributed by atoms with Gasteiger partial charge in [-0.2, -0.15) is 0 Å². The predicted molar refractivity (Wildman–Crippen MR) is 83.2 cm³/mol. The van der Waals surface area contributed by atoms with Crippen molar-refractivity contribution in [2.24, 2.45) is 5.92 Å². The highest BCUT2D eigenvalue weighted by Crippen LogP contribution is 2.35. The fraction of sp³-hybridized carbons (Fsp3) is 0.500. The SMILES string of the molecule is C=C(C)C(=O)OCOc1ccc(C2CCC(C)CC2)cc1. The summed E-state index contributed by atoms with van der Waals surface area (Å²) < 4.78 is 10.3. The maximum atomic E-state index is 11.2. The number of carbonyl (C=O) groups excluding carboxylic acids is 1. The average molecular weight is 288 g/mol. The van der Waals surface area contributed by atoms with Crippen LogP contribution in [0.15, 0.2) is 36.4 Å². The number of benzene rings is 1. The molecule has 0 aromatic heterocycles. The second-order valence-electron chi connectivity index (χ2n) is 6.00. The number of rotatable bonds is 5. The summed E-state index contributed by atoms with van der Waals surface area (Å²) in [5, 5.41) is 0. The number of hydrogen-bond acceptors (Lipinski definition) is 3. The summed E-state index contributed by atoms with van der Waals surface area (Å²) in [6, 6.07) is 8.14. The van der Waals surface area contributed by atoms with E-state index in [2.05, 4.69) is 25.6 Å². The second kappa shape index (κ2) is 7.30. The molecule has 114 valence electrons. The number of esters is 1. The van der Waals surface area contributed by atoms with Crippen LogP contribution in [0.3, 0.4) is 0 Å². The van der Waals surface area contributed by atoms with Crippen LogP contribution in [0.2, 0.25) is 0 Å². The Morgan fingerprint density at radius 2 is 1.81 bits per heavy atom. The Balaban J connectivity index is 1.82. The van der Waals surface area contributed by atoms with Crippen molar-refractivity contribution in [3.05, 3.63) is 42.0 Å². The minimum absolute atomic E-state index is 0.0774. The van der Waals surface area contributed by atoms with E-state index in [-0.39, 0.29) is 6.79 Å². The molecule has 2 rings (SSSR count). The Kier molecular flexibility index (Phi) is 5.43. The number of ether oxygens (including phenoxy) is 2. The van der Waals surface area contributed by atoms with Gasteiger partial charge in [0.1, 0.15) is 5.75 Å². The highest BCUT2D eigenvalue weighted by Gasteiger charge is 2.19. The minimum Gasteiger partial charge on any atom is -0.457 e. The average Bonchev–Trinajstić information content (AvgIpc) is 2.48. The third-order valence-corrected chi connectivity index (χ3v) is 4.13. The summed E-state index contributed by atoms with van der Waals surface area (Å²) >= 11 is 0. The van der Waals surface area contributed by atoms with E-state index >= 15 is 0 Å². The van der Waals surface area contributed by atoms with Crippen molar-refractivity contribution in [2.75, 3.05) is 6.79 Å². The summed E-state index contributed by atoms with van der Waals surface area (Å²) in [6.07, 6.45) is 5.19. The highest BCUT2D eigenvalue weighted by molar-refractivity contribution is 5.86. The molecule has 0 N–H and O–H groups in total. The standard InChI is InChI=1S/C18H24O3/c1-13(2)18(19)21-12-20-17-10-8-16(9-11-17)15-6-4-14(3)5-7-15/h8-11,14-15H,1,4-7,12H2,2-3H3. The fourth-order valence-electron chi connectivity index (χ4n) is 2.70. The number of carbonyl (C=O) groups is 1. The Morgan fingerprint density at radius 3 is 2.38 bits per heavy atom. The summed E-state index contributed by atoms with van der Waals surface area (Å²) in [7, 11) is 0. The molecule has 1 aliphatic carbocycles. The maximum Gasteiger partial charge on any atom is 0.335 e. The topological polar surface area (TPSA) is 35.5 Å². The normalized spacial score (nSPS) is 21.6. The molecule has 0 saturated heterocycles. The monoisotopic (exact) mass is 288 g/mol. The van der Waals surface area contributed by atoms with E-state index in [1.807, 2.05) is 12.1 Å². The van der Waals surface area contributed by atoms with Gasteiger partial charge in [-0.05, 0) is 49.3 Å². The molecule has 0 unspecified atom stereocenters. The molecule has 3 nitrogen and oxygen atoms in total. The van der Waals surface area contributed by atoms with Crippen molar-refractivity contribution in [1.82, 2.24) is 0 Å². The van der Waals surface area contributed by atoms with Crippen molar-refractivity contribution in [3.63, 3.8) is 0 Å². The Morgan fingerprint density at radius 1 is 1.19 bits per heavy atom. The lowest BCUT2D eigenvalue weighted by Gasteiger charge is -2.26. The lowest BCUT2D eigenvalue weighted by Crippen LogP contribution is -2.11. The molecule has 0 atom stereocenters. The van der Waals surface area contributed by atoms with Crippen LogP contribution in [0.1, 0.15) is 51.0 Å². The summed E-state index contributed by atoms with van der Waals surface area (Å²) in [5.41, 5.74) is 1.76. The Labute approximate surface area is 127 Å². The minimum atomic E-state index is -0.428. The molecule has 21 heavy (non-hydrogen) atoms. The van der Waals surface area contributed by atoms with Gasteiger partial charge in [0.05, 0.1) is 0 Å². The van der Waals surface area contributed by atoms with Gasteiger partial charge in [0.15, 0.2) is 0 Å². The molecule has 0 radical (unpaired) electrons. The maximum absolute atomic E-state index is 11.2. The molecule has 1 aliphatic rings. The van der Waals surface area contributed by atoms with Crippen LogP contribution in [-0.4, -0.2) is 12.8 Å². The van der Waals surface area contributed by atoms with Gasteiger partial charge in [0.2, 0.25) is 6.79 Å². The zero-order valence-corrected chi connectivity index (χ0v) is 12.9. The second-order valence-corrected chi connectivity index (χ2v) is 6.00. The number of hydrogen-bond donors (Lipinski definition) is 0. The molecular formula is C18H24O3. The zero-order valence-electron chi connectivity index (χ0n) is 12.9. The smallest absolute Gasteiger partial charge is 0.335 e. The van der Waals surface area contributed by atoms with Gasteiger partial charge in [-0.3, -0.25) is 0 Å². The summed E-state index contributed by atoms with van der Waals surface area (Å²) in [5.74, 6) is 1.84. The molecule has 0 spiro atoms. The van der Waals surface area contributed by atoms with E-state index in [0.29, 0.717) is 11.5 Å². The molecule has 1 fully saturated rings. The van der Waals surface area contributed by atoms with E-state index in [1.54, 1.807) is 6.92 Å². The molecule has 0 bridgehead atoms. The van der Waals surface area contributed by atoms with Crippen LogP contribution in [0.25, 0.3) is 0 Å². The van der Waals surface area contributed by atoms with Gasteiger partial charge in [-0.15, -0.1) is 0 Å². The molecule has 1 aromatic rings. The predicted octanol–water partition coefficient (Wildman–Crippen LogP) is 4.44. The first kappa shape index (κ1) is 15.6. The van der Waals surface area contributed by atoms with Gasteiger partial charge >= 0.3 is 5.97 Å². The Bertz CT molecular complexity index is 482. The molecule has 0 heterocycles. The molecular weight excluding hydrogens is 264 g/mol. The summed E-state index contributed by atoms with van der Waals surface area (Å²) in [6.45, 7) is 7.39. The lowest BCUT2D eigenvalue weighted by atomic mass is 9.79. The largest absolute Gasteiger partial charge is 0.457 e. The third kappa shape index (κ3) is 4.62. The van der Waals surface area contributed by atoms with Crippen LogP contribution in [0.5, 0.6) is 5.75 Å². The fourth-order valence-corrected chi connectivity index (χ4v) is 2.70. The molecule has 1 aromatic carbocycles. The lowest BCUT2D eigenvalue weighted by molar-refractivity contribution is -0.145. The van der Waals surface area contributed by atoms with Crippen molar-refractivity contribution in [2.45, 2.75) is 45.4 Å². The van der Waals surface area contributed by atoms with E-state index in [9.17, 15) is 4.79 Å². The highest BCUT2D eigenvalue weighted by atomic mass is 16.7. The zero-order chi connectivity index (χ0) is 15.2. The van der Waals surface area contributed by atoms with Crippen molar-refractivity contribution >= 4 is 5.97 Å². The third-order valence-electron chi connectivity index (χ3n) is 4.13. The molecule has 0 aliphatic heterocycles. The molecule has 1 saturated carbocycles. The first-order chi connectivity index (χ1) is 10.1. The van der Waals surface area contributed by atoms with Crippen LogP contribution >= 0.6 is 0 Å². The van der Waals surface area contributed by atoms with Crippen LogP contribution < -0.4 is 4.74 Å². The van der Waals surface area contributed by atoms with E-state index in [1.165, 1.54) is 31.2 Å². The van der Waals surface area contributed by atoms with E-state index in [0.717, 1.165) is 11.7 Å². The van der Waals surface area contributed by atoms with Gasteiger partial charge in [0, 0.05) is 5.57 Å². The van der Waals surface area contributed by atoms with Gasteiger partial charge < -0.3 is 9.47 Å². The quantitative estimate of drug-likeness (QED) is 0.456. The summed E-state index contributed by atoms with van der Waals surface area (Å²) in [4.78, 5) is 11.2. The first-order valence-electron chi connectivity index (χ1n) is 7.61. The molecule has 3 heteroatoms. The Hall–Kier alpha value is -1.77. The van der Waals surface area contributed by atoms with Crippen molar-refractivity contribution in [1.29, 1.82) is 0 Å².